The minimum absolute atomic E-state index is 0.675. The van der Waals surface area contributed by atoms with E-state index in [0.29, 0.717) is 6.04 Å². The number of aromatic nitrogens is 1. The van der Waals surface area contributed by atoms with Gasteiger partial charge in [0, 0.05) is 39.5 Å². The van der Waals surface area contributed by atoms with Gasteiger partial charge in [0.25, 0.3) is 0 Å². The van der Waals surface area contributed by atoms with E-state index in [1.54, 1.807) is 0 Å². The highest BCUT2D eigenvalue weighted by atomic mass is 32.2. The fourth-order valence-electron chi connectivity index (χ4n) is 3.64. The van der Waals surface area contributed by atoms with Crippen LogP contribution in [0.1, 0.15) is 23.3 Å². The zero-order valence-electron chi connectivity index (χ0n) is 13.4. The van der Waals surface area contributed by atoms with Crippen molar-refractivity contribution in [2.24, 2.45) is 0 Å². The first-order valence-corrected chi connectivity index (χ1v) is 10.3. The van der Waals surface area contributed by atoms with E-state index in [4.69, 9.17) is 0 Å². The van der Waals surface area contributed by atoms with Gasteiger partial charge in [-0.15, -0.1) is 23.1 Å². The molecule has 0 saturated carbocycles. The van der Waals surface area contributed by atoms with Crippen LogP contribution in [0.15, 0.2) is 46.8 Å². The SMILES string of the molecule is CSc1ccc2[nH]cc(C[C@H]3CCCN3Cc3cccs3)c2c1. The molecule has 0 amide bonds. The van der Waals surface area contributed by atoms with Crippen molar-refractivity contribution in [3.63, 3.8) is 0 Å². The highest BCUT2D eigenvalue weighted by Crippen LogP contribution is 2.29. The Hall–Kier alpha value is -1.23. The fraction of sp³-hybridized carbons (Fsp3) is 0.368. The molecule has 1 saturated heterocycles. The summed E-state index contributed by atoms with van der Waals surface area (Å²) in [7, 11) is 0. The smallest absolute Gasteiger partial charge is 0.0457 e. The van der Waals surface area contributed by atoms with Crippen molar-refractivity contribution >= 4 is 34.0 Å². The third-order valence-electron chi connectivity index (χ3n) is 4.87. The van der Waals surface area contributed by atoms with Gasteiger partial charge >= 0.3 is 0 Å². The quantitative estimate of drug-likeness (QED) is 0.646. The summed E-state index contributed by atoms with van der Waals surface area (Å²) in [6.45, 7) is 2.35. The summed E-state index contributed by atoms with van der Waals surface area (Å²) in [5.41, 5.74) is 2.74. The van der Waals surface area contributed by atoms with Gasteiger partial charge < -0.3 is 4.98 Å². The molecule has 1 fully saturated rings. The molecule has 1 aliphatic heterocycles. The lowest BCUT2D eigenvalue weighted by Gasteiger charge is -2.23. The van der Waals surface area contributed by atoms with Crippen LogP contribution in [-0.2, 0) is 13.0 Å². The maximum Gasteiger partial charge on any atom is 0.0457 e. The average molecular weight is 343 g/mol. The number of nitrogens with one attached hydrogen (secondary N) is 1. The van der Waals surface area contributed by atoms with E-state index in [0.717, 1.165) is 13.0 Å². The summed E-state index contributed by atoms with van der Waals surface area (Å²) in [6, 6.07) is 11.8. The molecule has 2 nitrogen and oxygen atoms in total. The van der Waals surface area contributed by atoms with Crippen LogP contribution in [0.4, 0.5) is 0 Å². The van der Waals surface area contributed by atoms with Crippen LogP contribution in [0.3, 0.4) is 0 Å². The highest BCUT2D eigenvalue weighted by Gasteiger charge is 2.25. The van der Waals surface area contributed by atoms with Crippen LogP contribution in [0.2, 0.25) is 0 Å². The van der Waals surface area contributed by atoms with Crippen molar-refractivity contribution in [1.29, 1.82) is 0 Å². The summed E-state index contributed by atoms with van der Waals surface area (Å²) < 4.78 is 0. The van der Waals surface area contributed by atoms with Gasteiger partial charge in [-0.2, -0.15) is 0 Å². The van der Waals surface area contributed by atoms with Gasteiger partial charge in [-0.1, -0.05) is 6.07 Å². The predicted octanol–water partition coefficient (Wildman–Crippen LogP) is 5.16. The topological polar surface area (TPSA) is 19.0 Å². The number of thiophene rings is 1. The van der Waals surface area contributed by atoms with Crippen LogP contribution in [0.5, 0.6) is 0 Å². The van der Waals surface area contributed by atoms with Crippen LogP contribution in [0.25, 0.3) is 10.9 Å². The molecule has 4 heteroatoms. The number of H-pyrrole nitrogens is 1. The van der Waals surface area contributed by atoms with Gasteiger partial charge in [0.1, 0.15) is 0 Å². The Bertz CT molecular complexity index is 776. The van der Waals surface area contributed by atoms with Gasteiger partial charge in [0.15, 0.2) is 0 Å². The summed E-state index contributed by atoms with van der Waals surface area (Å²) in [6.07, 6.45) is 8.17. The molecule has 0 bridgehead atoms. The molecule has 120 valence electrons. The van der Waals surface area contributed by atoms with Gasteiger partial charge in [-0.05, 0) is 67.3 Å². The molecular formula is C19H22N2S2. The first-order chi connectivity index (χ1) is 11.3. The number of benzene rings is 1. The molecule has 1 aliphatic rings. The number of aromatic amines is 1. The lowest BCUT2D eigenvalue weighted by Crippen LogP contribution is -2.30. The van der Waals surface area contributed by atoms with Crippen molar-refractivity contribution in [3.05, 3.63) is 52.3 Å². The molecule has 23 heavy (non-hydrogen) atoms. The molecule has 0 radical (unpaired) electrons. The van der Waals surface area contributed by atoms with Gasteiger partial charge in [-0.3, -0.25) is 4.90 Å². The molecule has 0 aliphatic carbocycles. The largest absolute Gasteiger partial charge is 0.361 e. The van der Waals surface area contributed by atoms with E-state index < -0.39 is 0 Å². The molecule has 0 spiro atoms. The number of likely N-dealkylation sites (tertiary alicyclic amines) is 1. The normalized spacial score (nSPS) is 18.9. The Kier molecular flexibility index (Phi) is 4.47. The highest BCUT2D eigenvalue weighted by molar-refractivity contribution is 7.98. The van der Waals surface area contributed by atoms with E-state index in [9.17, 15) is 0 Å². The number of rotatable bonds is 5. The Morgan fingerprint density at radius 3 is 3.13 bits per heavy atom. The standard InChI is InChI=1S/C19H22N2S2/c1-22-16-6-7-19-18(11-16)14(12-20-19)10-15-4-2-8-21(15)13-17-5-3-9-23-17/h3,5-7,9,11-12,15,20H,2,4,8,10,13H2,1H3/t15-/m1/s1. The van der Waals surface area contributed by atoms with Crippen LogP contribution in [0, 0.1) is 0 Å². The van der Waals surface area contributed by atoms with Crippen LogP contribution < -0.4 is 0 Å². The number of fused-ring (bicyclic) bond motifs is 1. The minimum atomic E-state index is 0.675. The van der Waals surface area contributed by atoms with Crippen molar-refractivity contribution in [2.75, 3.05) is 12.8 Å². The van der Waals surface area contributed by atoms with E-state index in [1.807, 2.05) is 23.1 Å². The molecule has 2 aromatic heterocycles. The van der Waals surface area contributed by atoms with E-state index in [2.05, 4.69) is 58.0 Å². The zero-order valence-corrected chi connectivity index (χ0v) is 15.1. The first-order valence-electron chi connectivity index (χ1n) is 8.24. The fourth-order valence-corrected chi connectivity index (χ4v) is 4.81. The minimum Gasteiger partial charge on any atom is -0.361 e. The van der Waals surface area contributed by atoms with E-state index in [-0.39, 0.29) is 0 Å². The van der Waals surface area contributed by atoms with Gasteiger partial charge in [0.05, 0.1) is 0 Å². The van der Waals surface area contributed by atoms with Gasteiger partial charge in [-0.25, -0.2) is 0 Å². The summed E-state index contributed by atoms with van der Waals surface area (Å²) >= 11 is 3.70. The maximum absolute atomic E-state index is 3.45. The van der Waals surface area contributed by atoms with Gasteiger partial charge in [0.2, 0.25) is 0 Å². The summed E-state index contributed by atoms with van der Waals surface area (Å²) in [5, 5.41) is 3.59. The summed E-state index contributed by atoms with van der Waals surface area (Å²) in [5.74, 6) is 0. The van der Waals surface area contributed by atoms with Crippen molar-refractivity contribution in [1.82, 2.24) is 9.88 Å². The molecule has 3 aromatic rings. The third kappa shape index (κ3) is 3.21. The number of hydrogen-bond acceptors (Lipinski definition) is 3. The second-order valence-electron chi connectivity index (χ2n) is 6.28. The van der Waals surface area contributed by atoms with Crippen molar-refractivity contribution in [2.45, 2.75) is 36.7 Å². The second-order valence-corrected chi connectivity index (χ2v) is 8.19. The predicted molar refractivity (Wildman–Crippen MR) is 102 cm³/mol. The zero-order chi connectivity index (χ0) is 15.6. The monoisotopic (exact) mass is 342 g/mol. The lowest BCUT2D eigenvalue weighted by molar-refractivity contribution is 0.246. The number of nitrogens with zero attached hydrogens (tertiary/aromatic N) is 1. The number of hydrogen-bond donors (Lipinski definition) is 1. The molecule has 1 atom stereocenters. The lowest BCUT2D eigenvalue weighted by atomic mass is 10.0. The summed E-state index contributed by atoms with van der Waals surface area (Å²) in [4.78, 5) is 8.95. The second kappa shape index (κ2) is 6.71. The van der Waals surface area contributed by atoms with E-state index in [1.165, 1.54) is 45.6 Å². The average Bonchev–Trinajstić information content (AvgIpc) is 3.31. The molecule has 1 N–H and O–H groups in total. The Morgan fingerprint density at radius 2 is 2.30 bits per heavy atom. The molecule has 1 aromatic carbocycles. The maximum atomic E-state index is 3.45. The molecule has 4 rings (SSSR count). The van der Waals surface area contributed by atoms with Crippen LogP contribution >= 0.6 is 23.1 Å². The third-order valence-corrected chi connectivity index (χ3v) is 6.45. The molecule has 3 heterocycles. The van der Waals surface area contributed by atoms with E-state index >= 15 is 0 Å². The first kappa shape index (κ1) is 15.3. The number of thioether (sulfide) groups is 1. The van der Waals surface area contributed by atoms with Crippen molar-refractivity contribution < 1.29 is 0 Å². The Morgan fingerprint density at radius 1 is 1.35 bits per heavy atom. The van der Waals surface area contributed by atoms with Crippen molar-refractivity contribution in [3.8, 4) is 0 Å². The Labute approximate surface area is 145 Å². The van der Waals surface area contributed by atoms with Crippen LogP contribution in [-0.4, -0.2) is 28.7 Å². The molecule has 0 unspecified atom stereocenters. The molecular weight excluding hydrogens is 320 g/mol. The Balaban J connectivity index is 1.54.